The highest BCUT2D eigenvalue weighted by molar-refractivity contribution is 5.77. The second-order valence-corrected chi connectivity index (χ2v) is 5.02. The summed E-state index contributed by atoms with van der Waals surface area (Å²) in [5.74, 6) is 1.00. The van der Waals surface area contributed by atoms with Crippen LogP contribution in [-0.2, 0) is 4.79 Å². The van der Waals surface area contributed by atoms with Gasteiger partial charge in [-0.3, -0.25) is 4.79 Å². The number of nitrogen functional groups attached to an aromatic ring is 1. The largest absolute Gasteiger partial charge is 0.494 e. The molecule has 3 N–H and O–H groups in total. The number of hydrogen-bond acceptors (Lipinski definition) is 3. The molecule has 4 nitrogen and oxygen atoms in total. The lowest BCUT2D eigenvalue weighted by atomic mass is 10.2. The Labute approximate surface area is 115 Å². The molecule has 0 aromatic heterocycles. The maximum Gasteiger partial charge on any atom is 0.222 e. The van der Waals surface area contributed by atoms with Crippen molar-refractivity contribution in [1.82, 2.24) is 5.32 Å². The summed E-state index contributed by atoms with van der Waals surface area (Å²) in [6, 6.07) is 5.67. The third-order valence-corrected chi connectivity index (χ3v) is 2.90. The standard InChI is InChI=1S/C15H24N2O2/c1-11(2)15(18)17-8-4-5-9-19-13-6-7-14(16)12(3)10-13/h6-7,10-11H,4-5,8-9,16H2,1-3H3,(H,17,18). The topological polar surface area (TPSA) is 64.3 Å². The average molecular weight is 264 g/mol. The number of unbranched alkanes of at least 4 members (excludes halogenated alkanes) is 1. The lowest BCUT2D eigenvalue weighted by molar-refractivity contribution is -0.123. The molecular weight excluding hydrogens is 240 g/mol. The molecule has 0 aliphatic carbocycles. The molecule has 0 saturated carbocycles. The van der Waals surface area contributed by atoms with Gasteiger partial charge in [0, 0.05) is 18.2 Å². The number of nitrogens with one attached hydrogen (secondary N) is 1. The van der Waals surface area contributed by atoms with Gasteiger partial charge in [-0.15, -0.1) is 0 Å². The van der Waals surface area contributed by atoms with E-state index in [4.69, 9.17) is 10.5 Å². The SMILES string of the molecule is Cc1cc(OCCCCNC(=O)C(C)C)ccc1N. The van der Waals surface area contributed by atoms with E-state index in [1.54, 1.807) is 0 Å². The third kappa shape index (κ3) is 5.64. The van der Waals surface area contributed by atoms with Gasteiger partial charge in [-0.1, -0.05) is 13.8 Å². The summed E-state index contributed by atoms with van der Waals surface area (Å²) in [7, 11) is 0. The Morgan fingerprint density at radius 3 is 2.74 bits per heavy atom. The van der Waals surface area contributed by atoms with Crippen LogP contribution in [0.5, 0.6) is 5.75 Å². The molecule has 0 radical (unpaired) electrons. The van der Waals surface area contributed by atoms with Crippen molar-refractivity contribution in [2.45, 2.75) is 33.6 Å². The van der Waals surface area contributed by atoms with Crippen LogP contribution in [0.2, 0.25) is 0 Å². The molecule has 106 valence electrons. The fraction of sp³-hybridized carbons (Fsp3) is 0.533. The Hall–Kier alpha value is -1.71. The molecule has 19 heavy (non-hydrogen) atoms. The van der Waals surface area contributed by atoms with Crippen molar-refractivity contribution in [1.29, 1.82) is 0 Å². The van der Waals surface area contributed by atoms with E-state index in [0.29, 0.717) is 13.2 Å². The number of amides is 1. The molecule has 0 heterocycles. The molecule has 0 saturated heterocycles. The smallest absolute Gasteiger partial charge is 0.222 e. The first-order valence-corrected chi connectivity index (χ1v) is 6.77. The predicted molar refractivity (Wildman–Crippen MR) is 78.2 cm³/mol. The first kappa shape index (κ1) is 15.3. The van der Waals surface area contributed by atoms with Gasteiger partial charge >= 0.3 is 0 Å². The van der Waals surface area contributed by atoms with Crippen molar-refractivity contribution >= 4 is 11.6 Å². The number of anilines is 1. The zero-order valence-electron chi connectivity index (χ0n) is 12.0. The number of carbonyl (C=O) groups is 1. The predicted octanol–water partition coefficient (Wildman–Crippen LogP) is 2.51. The molecule has 0 aliphatic heterocycles. The van der Waals surface area contributed by atoms with Crippen LogP contribution in [0.15, 0.2) is 18.2 Å². The molecule has 1 amide bonds. The molecule has 1 aromatic carbocycles. The van der Waals surface area contributed by atoms with Gasteiger partial charge in [0.1, 0.15) is 5.75 Å². The van der Waals surface area contributed by atoms with Crippen molar-refractivity contribution < 1.29 is 9.53 Å². The van der Waals surface area contributed by atoms with Crippen molar-refractivity contribution in [3.8, 4) is 5.75 Å². The Morgan fingerprint density at radius 1 is 1.37 bits per heavy atom. The van der Waals surface area contributed by atoms with Crippen LogP contribution in [0.1, 0.15) is 32.3 Å². The van der Waals surface area contributed by atoms with Crippen LogP contribution >= 0.6 is 0 Å². The minimum atomic E-state index is 0.0500. The zero-order valence-corrected chi connectivity index (χ0v) is 12.0. The summed E-state index contributed by atoms with van der Waals surface area (Å²) in [5, 5.41) is 2.89. The van der Waals surface area contributed by atoms with Gasteiger partial charge in [0.15, 0.2) is 0 Å². The summed E-state index contributed by atoms with van der Waals surface area (Å²) in [6.07, 6.45) is 1.84. The van der Waals surface area contributed by atoms with Crippen LogP contribution in [0, 0.1) is 12.8 Å². The zero-order chi connectivity index (χ0) is 14.3. The third-order valence-electron chi connectivity index (χ3n) is 2.90. The summed E-state index contributed by atoms with van der Waals surface area (Å²) < 4.78 is 5.63. The molecule has 0 bridgehead atoms. The van der Waals surface area contributed by atoms with E-state index < -0.39 is 0 Å². The van der Waals surface area contributed by atoms with Gasteiger partial charge in [0.2, 0.25) is 5.91 Å². The van der Waals surface area contributed by atoms with E-state index in [-0.39, 0.29) is 11.8 Å². The lowest BCUT2D eigenvalue weighted by Crippen LogP contribution is -2.28. The normalized spacial score (nSPS) is 10.5. The Morgan fingerprint density at radius 2 is 2.11 bits per heavy atom. The highest BCUT2D eigenvalue weighted by Gasteiger charge is 2.04. The van der Waals surface area contributed by atoms with E-state index in [2.05, 4.69) is 5.32 Å². The Balaban J connectivity index is 2.14. The molecule has 0 unspecified atom stereocenters. The molecule has 1 aromatic rings. The van der Waals surface area contributed by atoms with Gasteiger partial charge in [-0.25, -0.2) is 0 Å². The van der Waals surface area contributed by atoms with E-state index in [0.717, 1.165) is 29.8 Å². The molecule has 1 rings (SSSR count). The van der Waals surface area contributed by atoms with Gasteiger partial charge in [-0.05, 0) is 43.5 Å². The van der Waals surface area contributed by atoms with E-state index in [1.165, 1.54) is 0 Å². The minimum absolute atomic E-state index is 0.0500. The molecule has 0 spiro atoms. The van der Waals surface area contributed by atoms with Gasteiger partial charge < -0.3 is 15.8 Å². The second-order valence-electron chi connectivity index (χ2n) is 5.02. The van der Waals surface area contributed by atoms with Crippen molar-refractivity contribution in [3.05, 3.63) is 23.8 Å². The van der Waals surface area contributed by atoms with Crippen LogP contribution in [-0.4, -0.2) is 19.1 Å². The first-order valence-electron chi connectivity index (χ1n) is 6.77. The lowest BCUT2D eigenvalue weighted by Gasteiger charge is -2.09. The summed E-state index contributed by atoms with van der Waals surface area (Å²) in [6.45, 7) is 7.11. The van der Waals surface area contributed by atoms with E-state index >= 15 is 0 Å². The van der Waals surface area contributed by atoms with Gasteiger partial charge in [-0.2, -0.15) is 0 Å². The highest BCUT2D eigenvalue weighted by Crippen LogP contribution is 2.18. The maximum absolute atomic E-state index is 11.3. The number of benzene rings is 1. The molecular formula is C15H24N2O2. The fourth-order valence-corrected chi connectivity index (χ4v) is 1.57. The molecule has 0 aliphatic rings. The number of ether oxygens (including phenoxy) is 1. The average Bonchev–Trinajstić information content (AvgIpc) is 2.37. The first-order chi connectivity index (χ1) is 9.00. The Kier molecular flexibility index (Phi) is 6.19. The van der Waals surface area contributed by atoms with Crippen molar-refractivity contribution in [2.75, 3.05) is 18.9 Å². The number of hydrogen-bond donors (Lipinski definition) is 2. The van der Waals surface area contributed by atoms with Crippen molar-refractivity contribution in [2.24, 2.45) is 5.92 Å². The maximum atomic E-state index is 11.3. The fourth-order valence-electron chi connectivity index (χ4n) is 1.57. The summed E-state index contributed by atoms with van der Waals surface area (Å²) >= 11 is 0. The molecule has 0 atom stereocenters. The highest BCUT2D eigenvalue weighted by atomic mass is 16.5. The number of aryl methyl sites for hydroxylation is 1. The summed E-state index contributed by atoms with van der Waals surface area (Å²) in [5.41, 5.74) is 7.55. The molecule has 0 fully saturated rings. The van der Waals surface area contributed by atoms with Crippen molar-refractivity contribution in [3.63, 3.8) is 0 Å². The number of rotatable bonds is 7. The van der Waals surface area contributed by atoms with Crippen LogP contribution in [0.25, 0.3) is 0 Å². The monoisotopic (exact) mass is 264 g/mol. The van der Waals surface area contributed by atoms with Crippen LogP contribution < -0.4 is 15.8 Å². The Bertz CT molecular complexity index is 417. The quantitative estimate of drug-likeness (QED) is 0.587. The second kappa shape index (κ2) is 7.67. The van der Waals surface area contributed by atoms with Gasteiger partial charge in [0.25, 0.3) is 0 Å². The molecule has 4 heteroatoms. The summed E-state index contributed by atoms with van der Waals surface area (Å²) in [4.78, 5) is 11.3. The number of nitrogens with two attached hydrogens (primary N) is 1. The van der Waals surface area contributed by atoms with E-state index in [9.17, 15) is 4.79 Å². The number of carbonyl (C=O) groups excluding carboxylic acids is 1. The van der Waals surface area contributed by atoms with Crippen LogP contribution in [0.4, 0.5) is 5.69 Å². The van der Waals surface area contributed by atoms with E-state index in [1.807, 2.05) is 39.0 Å². The van der Waals surface area contributed by atoms with Gasteiger partial charge in [0.05, 0.1) is 6.61 Å². The minimum Gasteiger partial charge on any atom is -0.494 e. The van der Waals surface area contributed by atoms with Crippen LogP contribution in [0.3, 0.4) is 0 Å².